The number of amides is 1. The maximum Gasteiger partial charge on any atom is 0.573 e. The van der Waals surface area contributed by atoms with Gasteiger partial charge in [0.05, 0.1) is 5.69 Å². The van der Waals surface area contributed by atoms with Crippen molar-refractivity contribution in [2.75, 3.05) is 5.73 Å². The third kappa shape index (κ3) is 4.84. The number of nitrogens with one attached hydrogen (secondary N) is 1. The first-order valence-electron chi connectivity index (χ1n) is 6.58. The summed E-state index contributed by atoms with van der Waals surface area (Å²) in [6, 6.07) is 3.45. The zero-order valence-corrected chi connectivity index (χ0v) is 12.2. The van der Waals surface area contributed by atoms with Gasteiger partial charge >= 0.3 is 6.36 Å². The van der Waals surface area contributed by atoms with E-state index in [4.69, 9.17) is 5.73 Å². The molecule has 1 rings (SSSR count). The Hall–Kier alpha value is -1.92. The second-order valence-corrected chi connectivity index (χ2v) is 5.02. The lowest BCUT2D eigenvalue weighted by Crippen LogP contribution is -2.44. The van der Waals surface area contributed by atoms with Crippen LogP contribution in [0.4, 0.5) is 18.9 Å². The smallest absolute Gasteiger partial charge is 0.404 e. The molecule has 1 amide bonds. The lowest BCUT2D eigenvalue weighted by Gasteiger charge is -2.28. The van der Waals surface area contributed by atoms with E-state index in [-0.39, 0.29) is 22.7 Å². The molecule has 118 valence electrons. The fourth-order valence-electron chi connectivity index (χ4n) is 1.68. The highest BCUT2D eigenvalue weighted by Gasteiger charge is 2.32. The Kier molecular flexibility index (Phi) is 5.09. The number of carbonyl (C=O) groups is 1. The SMILES string of the molecule is CCC(C)(CC)NC(=O)c1ccc(OC(F)(F)F)c(N)c1. The van der Waals surface area contributed by atoms with Gasteiger partial charge in [0.1, 0.15) is 0 Å². The molecule has 0 heterocycles. The van der Waals surface area contributed by atoms with E-state index in [0.717, 1.165) is 18.9 Å². The van der Waals surface area contributed by atoms with Gasteiger partial charge in [-0.05, 0) is 38.0 Å². The van der Waals surface area contributed by atoms with Crippen molar-refractivity contribution < 1.29 is 22.7 Å². The number of halogens is 3. The number of ether oxygens (including phenoxy) is 1. The second-order valence-electron chi connectivity index (χ2n) is 5.02. The van der Waals surface area contributed by atoms with Gasteiger partial charge in [-0.2, -0.15) is 0 Å². The summed E-state index contributed by atoms with van der Waals surface area (Å²) >= 11 is 0. The van der Waals surface area contributed by atoms with Crippen molar-refractivity contribution in [3.05, 3.63) is 23.8 Å². The van der Waals surface area contributed by atoms with Crippen LogP contribution in [0.1, 0.15) is 44.0 Å². The van der Waals surface area contributed by atoms with Crippen molar-refractivity contribution in [3.63, 3.8) is 0 Å². The summed E-state index contributed by atoms with van der Waals surface area (Å²) in [6.07, 6.45) is -3.35. The third-order valence-electron chi connectivity index (χ3n) is 3.47. The Morgan fingerprint density at radius 2 is 1.86 bits per heavy atom. The normalized spacial score (nSPS) is 12.1. The van der Waals surface area contributed by atoms with Crippen molar-refractivity contribution in [1.82, 2.24) is 5.32 Å². The van der Waals surface area contributed by atoms with Crippen LogP contribution < -0.4 is 15.8 Å². The summed E-state index contributed by atoms with van der Waals surface area (Å²) in [5.74, 6) is -0.903. The average molecular weight is 304 g/mol. The van der Waals surface area contributed by atoms with Crippen LogP contribution in [0.15, 0.2) is 18.2 Å². The number of nitrogen functional groups attached to an aromatic ring is 1. The first kappa shape index (κ1) is 17.1. The van der Waals surface area contributed by atoms with E-state index < -0.39 is 12.1 Å². The molecule has 0 aromatic heterocycles. The Morgan fingerprint density at radius 1 is 1.29 bits per heavy atom. The number of rotatable bonds is 5. The third-order valence-corrected chi connectivity index (χ3v) is 3.47. The summed E-state index contributed by atoms with van der Waals surface area (Å²) in [6.45, 7) is 5.78. The predicted molar refractivity (Wildman–Crippen MR) is 74.0 cm³/mol. The lowest BCUT2D eigenvalue weighted by molar-refractivity contribution is -0.274. The fourth-order valence-corrected chi connectivity index (χ4v) is 1.68. The molecule has 4 nitrogen and oxygen atoms in total. The van der Waals surface area contributed by atoms with E-state index in [1.807, 2.05) is 20.8 Å². The molecule has 0 aliphatic heterocycles. The van der Waals surface area contributed by atoms with Gasteiger partial charge in [-0.3, -0.25) is 4.79 Å². The molecule has 3 N–H and O–H groups in total. The number of alkyl halides is 3. The summed E-state index contributed by atoms with van der Waals surface area (Å²) in [7, 11) is 0. The molecular weight excluding hydrogens is 285 g/mol. The van der Waals surface area contributed by atoms with E-state index in [9.17, 15) is 18.0 Å². The molecule has 0 aliphatic carbocycles. The number of benzene rings is 1. The zero-order chi connectivity index (χ0) is 16.3. The Labute approximate surface area is 121 Å². The monoisotopic (exact) mass is 304 g/mol. The van der Waals surface area contributed by atoms with Gasteiger partial charge in [-0.25, -0.2) is 0 Å². The minimum absolute atomic E-state index is 0.190. The highest BCUT2D eigenvalue weighted by Crippen LogP contribution is 2.29. The van der Waals surface area contributed by atoms with Gasteiger partial charge in [-0.15, -0.1) is 13.2 Å². The van der Waals surface area contributed by atoms with Crippen molar-refractivity contribution in [2.45, 2.75) is 45.5 Å². The Bertz CT molecular complexity index is 511. The van der Waals surface area contributed by atoms with Crippen LogP contribution in [0.2, 0.25) is 0 Å². The summed E-state index contributed by atoms with van der Waals surface area (Å²) in [5.41, 5.74) is 5.07. The van der Waals surface area contributed by atoms with Crippen LogP contribution in [-0.2, 0) is 0 Å². The molecule has 0 atom stereocenters. The lowest BCUT2D eigenvalue weighted by atomic mass is 9.95. The molecule has 0 spiro atoms. The minimum atomic E-state index is -4.82. The molecule has 0 saturated carbocycles. The van der Waals surface area contributed by atoms with E-state index >= 15 is 0 Å². The molecule has 0 aliphatic rings. The van der Waals surface area contributed by atoms with Crippen molar-refractivity contribution >= 4 is 11.6 Å². The highest BCUT2D eigenvalue weighted by molar-refractivity contribution is 5.95. The molecule has 21 heavy (non-hydrogen) atoms. The molecule has 1 aromatic rings. The zero-order valence-electron chi connectivity index (χ0n) is 12.2. The van der Waals surface area contributed by atoms with Crippen molar-refractivity contribution in [2.24, 2.45) is 0 Å². The Balaban J connectivity index is 2.91. The van der Waals surface area contributed by atoms with Gasteiger partial charge < -0.3 is 15.8 Å². The standard InChI is InChI=1S/C14H19F3N2O2/c1-4-13(3,5-2)19-12(20)9-6-7-11(10(18)8-9)21-14(15,16)17/h6-8H,4-5,18H2,1-3H3,(H,19,20). The largest absolute Gasteiger partial charge is 0.573 e. The minimum Gasteiger partial charge on any atom is -0.404 e. The summed E-state index contributed by atoms with van der Waals surface area (Å²) in [4.78, 5) is 12.1. The van der Waals surface area contributed by atoms with Crippen LogP contribution in [0.3, 0.4) is 0 Å². The molecule has 7 heteroatoms. The highest BCUT2D eigenvalue weighted by atomic mass is 19.4. The molecule has 0 bridgehead atoms. The van der Waals surface area contributed by atoms with E-state index in [0.29, 0.717) is 0 Å². The number of nitrogens with two attached hydrogens (primary N) is 1. The van der Waals surface area contributed by atoms with Gasteiger partial charge in [-0.1, -0.05) is 13.8 Å². The van der Waals surface area contributed by atoms with Crippen molar-refractivity contribution in [3.8, 4) is 5.75 Å². The number of anilines is 1. The fraction of sp³-hybridized carbons (Fsp3) is 0.500. The molecule has 0 fully saturated rings. The second kappa shape index (κ2) is 6.24. The van der Waals surface area contributed by atoms with Crippen LogP contribution in [-0.4, -0.2) is 17.8 Å². The molecule has 0 unspecified atom stereocenters. The topological polar surface area (TPSA) is 64.3 Å². The van der Waals surface area contributed by atoms with Gasteiger partial charge in [0.25, 0.3) is 5.91 Å². The van der Waals surface area contributed by atoms with Gasteiger partial charge in [0, 0.05) is 11.1 Å². The summed E-state index contributed by atoms with van der Waals surface area (Å²) < 4.78 is 40.2. The van der Waals surface area contributed by atoms with Gasteiger partial charge in [0.2, 0.25) is 0 Å². The van der Waals surface area contributed by atoms with E-state index in [1.54, 1.807) is 0 Å². The van der Waals surface area contributed by atoms with Crippen LogP contribution in [0.5, 0.6) is 5.75 Å². The Morgan fingerprint density at radius 3 is 2.29 bits per heavy atom. The van der Waals surface area contributed by atoms with Gasteiger partial charge in [0.15, 0.2) is 5.75 Å². The van der Waals surface area contributed by atoms with Crippen LogP contribution in [0, 0.1) is 0 Å². The maximum absolute atomic E-state index is 12.1. The van der Waals surface area contributed by atoms with Crippen molar-refractivity contribution in [1.29, 1.82) is 0 Å². The van der Waals surface area contributed by atoms with E-state index in [1.165, 1.54) is 12.1 Å². The molecule has 1 aromatic carbocycles. The molecular formula is C14H19F3N2O2. The van der Waals surface area contributed by atoms with Crippen LogP contribution in [0.25, 0.3) is 0 Å². The van der Waals surface area contributed by atoms with Crippen LogP contribution >= 0.6 is 0 Å². The molecule has 0 saturated heterocycles. The quantitative estimate of drug-likeness (QED) is 0.819. The average Bonchev–Trinajstić information content (AvgIpc) is 2.39. The first-order valence-corrected chi connectivity index (χ1v) is 6.58. The van der Waals surface area contributed by atoms with E-state index in [2.05, 4.69) is 10.1 Å². The maximum atomic E-state index is 12.1. The summed E-state index contributed by atoms with van der Waals surface area (Å²) in [5, 5.41) is 2.85. The first-order chi connectivity index (χ1) is 9.60. The number of hydrogen-bond acceptors (Lipinski definition) is 3. The predicted octanol–water partition coefficient (Wildman–Crippen LogP) is 3.48. The number of hydrogen-bond donors (Lipinski definition) is 2. The molecule has 0 radical (unpaired) electrons. The number of carbonyl (C=O) groups excluding carboxylic acids is 1.